The molecule has 3 amide bonds. The summed E-state index contributed by atoms with van der Waals surface area (Å²) in [4.78, 5) is 28.2. The Labute approximate surface area is 167 Å². The van der Waals surface area contributed by atoms with Gasteiger partial charge < -0.3 is 31.6 Å². The molecule has 2 aromatic rings. The predicted molar refractivity (Wildman–Crippen MR) is 107 cm³/mol. The summed E-state index contributed by atoms with van der Waals surface area (Å²) < 4.78 is 11.3. The van der Waals surface area contributed by atoms with Crippen LogP contribution in [0.4, 0.5) is 10.5 Å². The average molecular weight is 397 g/mol. The molecule has 9 nitrogen and oxygen atoms in total. The number of para-hydroxylation sites is 1. The maximum absolute atomic E-state index is 12.3. The first-order valence-electron chi connectivity index (χ1n) is 9.51. The van der Waals surface area contributed by atoms with Crippen molar-refractivity contribution in [2.45, 2.75) is 37.5 Å². The minimum atomic E-state index is -0.867. The number of aromatic nitrogens is 1. The molecule has 0 spiro atoms. The van der Waals surface area contributed by atoms with Crippen LogP contribution in [-0.2, 0) is 4.79 Å². The number of anilines is 1. The molecule has 6 N–H and O–H groups in total. The van der Waals surface area contributed by atoms with Gasteiger partial charge in [-0.15, -0.1) is 0 Å². The van der Waals surface area contributed by atoms with E-state index in [1.165, 1.54) is 0 Å². The molecule has 1 aliphatic carbocycles. The molecule has 0 bridgehead atoms. The number of nitrogens with zero attached hydrogens (tertiary/aromatic N) is 1. The standard InChI is InChI=1S/C20H23N5O4/c21-11-4-5-12(8-11)24-20(27)25-13-6-7-23-15(9-13)14-2-1-3-16-18(14)29-17(10-28-16)19(22)26/h1-3,6-7,9,11-12,17H,4-5,8,10,21H2,(H2,22,26)(H2,23,24,25,27)/t11-,12+,17?/m0/s1. The van der Waals surface area contributed by atoms with Gasteiger partial charge in [0.05, 0.1) is 5.69 Å². The Bertz CT molecular complexity index is 935. The number of nitrogens with one attached hydrogen (secondary N) is 2. The lowest BCUT2D eigenvalue weighted by atomic mass is 10.1. The van der Waals surface area contributed by atoms with E-state index in [2.05, 4.69) is 15.6 Å². The van der Waals surface area contributed by atoms with Gasteiger partial charge in [-0.05, 0) is 43.5 Å². The highest BCUT2D eigenvalue weighted by molar-refractivity contribution is 5.90. The van der Waals surface area contributed by atoms with Crippen molar-refractivity contribution >= 4 is 17.6 Å². The molecule has 29 heavy (non-hydrogen) atoms. The minimum Gasteiger partial charge on any atom is -0.485 e. The van der Waals surface area contributed by atoms with Crippen molar-refractivity contribution in [1.82, 2.24) is 10.3 Å². The lowest BCUT2D eigenvalue weighted by molar-refractivity contribution is -0.126. The third-order valence-electron chi connectivity index (χ3n) is 5.05. The van der Waals surface area contributed by atoms with Gasteiger partial charge in [-0.2, -0.15) is 0 Å². The molecule has 1 aromatic heterocycles. The maximum Gasteiger partial charge on any atom is 0.319 e. The number of ether oxygens (including phenoxy) is 2. The zero-order valence-corrected chi connectivity index (χ0v) is 15.8. The highest BCUT2D eigenvalue weighted by atomic mass is 16.6. The van der Waals surface area contributed by atoms with Crippen LogP contribution >= 0.6 is 0 Å². The molecular weight excluding hydrogens is 374 g/mol. The van der Waals surface area contributed by atoms with Crippen LogP contribution in [0.3, 0.4) is 0 Å². The Morgan fingerprint density at radius 1 is 1.21 bits per heavy atom. The number of nitrogens with two attached hydrogens (primary N) is 2. The summed E-state index contributed by atoms with van der Waals surface area (Å²) in [5.74, 6) is 0.309. The third kappa shape index (κ3) is 4.24. The van der Waals surface area contributed by atoms with Gasteiger partial charge in [-0.25, -0.2) is 4.79 Å². The van der Waals surface area contributed by atoms with E-state index in [9.17, 15) is 9.59 Å². The second kappa shape index (κ2) is 7.96. The fourth-order valence-electron chi connectivity index (χ4n) is 3.59. The number of fused-ring (bicyclic) bond motifs is 1. The van der Waals surface area contributed by atoms with Gasteiger partial charge in [0.2, 0.25) is 6.10 Å². The van der Waals surface area contributed by atoms with Crippen LogP contribution in [-0.4, -0.2) is 41.7 Å². The Hall–Kier alpha value is -3.33. The molecule has 1 aromatic carbocycles. The fraction of sp³-hybridized carbons (Fsp3) is 0.350. The van der Waals surface area contributed by atoms with Gasteiger partial charge in [-0.1, -0.05) is 6.07 Å². The van der Waals surface area contributed by atoms with Crippen LogP contribution in [0.1, 0.15) is 19.3 Å². The van der Waals surface area contributed by atoms with E-state index in [1.807, 2.05) is 0 Å². The summed E-state index contributed by atoms with van der Waals surface area (Å²) >= 11 is 0. The fourth-order valence-corrected chi connectivity index (χ4v) is 3.59. The van der Waals surface area contributed by atoms with E-state index in [0.717, 1.165) is 19.3 Å². The van der Waals surface area contributed by atoms with Crippen LogP contribution in [0.5, 0.6) is 11.5 Å². The normalized spacial score (nSPS) is 22.7. The second-order valence-corrected chi connectivity index (χ2v) is 7.25. The lowest BCUT2D eigenvalue weighted by Gasteiger charge is -2.26. The van der Waals surface area contributed by atoms with Gasteiger partial charge >= 0.3 is 6.03 Å². The summed E-state index contributed by atoms with van der Waals surface area (Å²) in [5.41, 5.74) is 13.0. The number of rotatable bonds is 4. The van der Waals surface area contributed by atoms with Crippen molar-refractivity contribution in [3.8, 4) is 22.8 Å². The zero-order valence-electron chi connectivity index (χ0n) is 15.8. The number of amides is 3. The van der Waals surface area contributed by atoms with Crippen molar-refractivity contribution in [3.63, 3.8) is 0 Å². The SMILES string of the molecule is NC(=O)C1COc2cccc(-c3cc(NC(=O)N[C@@H]4CC[C@H](N)C4)ccn3)c2O1. The second-order valence-electron chi connectivity index (χ2n) is 7.25. The molecule has 1 fully saturated rings. The summed E-state index contributed by atoms with van der Waals surface area (Å²) in [7, 11) is 0. The summed E-state index contributed by atoms with van der Waals surface area (Å²) in [6, 6.07) is 8.72. The minimum absolute atomic E-state index is 0.0613. The average Bonchev–Trinajstić information content (AvgIpc) is 3.11. The van der Waals surface area contributed by atoms with Crippen LogP contribution in [0.15, 0.2) is 36.5 Å². The van der Waals surface area contributed by atoms with Crippen molar-refractivity contribution in [3.05, 3.63) is 36.5 Å². The molecule has 1 unspecified atom stereocenters. The van der Waals surface area contributed by atoms with E-state index >= 15 is 0 Å². The summed E-state index contributed by atoms with van der Waals surface area (Å²) in [5, 5.41) is 5.76. The number of hydrogen-bond donors (Lipinski definition) is 4. The van der Waals surface area contributed by atoms with Crippen molar-refractivity contribution < 1.29 is 19.1 Å². The first kappa shape index (κ1) is 19.0. The van der Waals surface area contributed by atoms with E-state index < -0.39 is 12.0 Å². The number of urea groups is 1. The molecule has 2 heterocycles. The van der Waals surface area contributed by atoms with Gasteiger partial charge in [-0.3, -0.25) is 9.78 Å². The number of carbonyl (C=O) groups is 2. The van der Waals surface area contributed by atoms with Crippen molar-refractivity contribution in [2.75, 3.05) is 11.9 Å². The van der Waals surface area contributed by atoms with E-state index in [-0.39, 0.29) is 24.7 Å². The molecule has 152 valence electrons. The van der Waals surface area contributed by atoms with Gasteiger partial charge in [0.15, 0.2) is 11.5 Å². The highest BCUT2D eigenvalue weighted by Crippen LogP contribution is 2.40. The number of primary amides is 1. The Morgan fingerprint density at radius 3 is 2.83 bits per heavy atom. The molecule has 9 heteroatoms. The van der Waals surface area contributed by atoms with E-state index in [0.29, 0.717) is 28.4 Å². The Kier molecular flexibility index (Phi) is 5.22. The molecule has 1 saturated carbocycles. The topological polar surface area (TPSA) is 142 Å². The zero-order chi connectivity index (χ0) is 20.4. The van der Waals surface area contributed by atoms with Gasteiger partial charge in [0.25, 0.3) is 5.91 Å². The van der Waals surface area contributed by atoms with E-state index in [4.69, 9.17) is 20.9 Å². The summed E-state index contributed by atoms with van der Waals surface area (Å²) in [6.45, 7) is 0.0613. The first-order chi connectivity index (χ1) is 14.0. The number of hydrogen-bond acceptors (Lipinski definition) is 6. The molecule has 1 aliphatic heterocycles. The monoisotopic (exact) mass is 397 g/mol. The largest absolute Gasteiger partial charge is 0.485 e. The molecule has 0 saturated heterocycles. The maximum atomic E-state index is 12.3. The number of pyridine rings is 1. The van der Waals surface area contributed by atoms with Crippen molar-refractivity contribution in [1.29, 1.82) is 0 Å². The van der Waals surface area contributed by atoms with Gasteiger partial charge in [0, 0.05) is 29.5 Å². The first-order valence-corrected chi connectivity index (χ1v) is 9.51. The van der Waals surface area contributed by atoms with Crippen LogP contribution < -0.4 is 31.6 Å². The van der Waals surface area contributed by atoms with Crippen LogP contribution in [0.2, 0.25) is 0 Å². The molecular formula is C20H23N5O4. The van der Waals surface area contributed by atoms with E-state index in [1.54, 1.807) is 36.5 Å². The smallest absolute Gasteiger partial charge is 0.319 e. The summed E-state index contributed by atoms with van der Waals surface area (Å²) in [6.07, 6.45) is 3.30. The predicted octanol–water partition coefficient (Wildman–Crippen LogP) is 1.37. The molecule has 4 rings (SSSR count). The molecule has 2 aliphatic rings. The van der Waals surface area contributed by atoms with Gasteiger partial charge in [0.1, 0.15) is 6.61 Å². The third-order valence-corrected chi connectivity index (χ3v) is 5.05. The quantitative estimate of drug-likeness (QED) is 0.614. The molecule has 3 atom stereocenters. The number of carbonyl (C=O) groups excluding carboxylic acids is 2. The Balaban J connectivity index is 1.52. The van der Waals surface area contributed by atoms with Crippen LogP contribution in [0, 0.1) is 0 Å². The lowest BCUT2D eigenvalue weighted by Crippen LogP contribution is -2.41. The Morgan fingerprint density at radius 2 is 2.07 bits per heavy atom. The molecule has 0 radical (unpaired) electrons. The van der Waals surface area contributed by atoms with Crippen molar-refractivity contribution in [2.24, 2.45) is 11.5 Å². The highest BCUT2D eigenvalue weighted by Gasteiger charge is 2.28. The van der Waals surface area contributed by atoms with Crippen LogP contribution in [0.25, 0.3) is 11.3 Å². The number of benzene rings is 1.